The van der Waals surface area contributed by atoms with Crippen molar-refractivity contribution in [3.05, 3.63) is 24.0 Å². The summed E-state index contributed by atoms with van der Waals surface area (Å²) in [6.45, 7) is 0. The van der Waals surface area contributed by atoms with Gasteiger partial charge in [-0.15, -0.1) is 0 Å². The quantitative estimate of drug-likeness (QED) is 0.573. The van der Waals surface area contributed by atoms with Crippen LogP contribution < -0.4 is 0 Å². The van der Waals surface area contributed by atoms with Crippen LogP contribution in [-0.2, 0) is 16.6 Å². The fourth-order valence-electron chi connectivity index (χ4n) is 0.962. The van der Waals surface area contributed by atoms with Gasteiger partial charge >= 0.3 is 5.97 Å². The summed E-state index contributed by atoms with van der Waals surface area (Å²) < 4.78 is 6.46. The zero-order valence-electron chi connectivity index (χ0n) is 6.95. The molecule has 1 aromatic heterocycles. The highest BCUT2D eigenvalue weighted by Crippen LogP contribution is 2.23. The van der Waals surface area contributed by atoms with Crippen molar-refractivity contribution in [1.29, 1.82) is 0 Å². The molecular weight excluding hydrogens is 222 g/mol. The van der Waals surface area contributed by atoms with Crippen molar-refractivity contribution in [2.75, 3.05) is 7.11 Å². The van der Waals surface area contributed by atoms with Gasteiger partial charge in [-0.3, -0.25) is 4.79 Å². The summed E-state index contributed by atoms with van der Waals surface area (Å²) in [5.74, 6) is -0.281. The second kappa shape index (κ2) is 3.76. The maximum absolute atomic E-state index is 11.1. The van der Waals surface area contributed by atoms with Crippen LogP contribution in [-0.4, -0.2) is 17.6 Å². The molecule has 0 saturated carbocycles. The van der Waals surface area contributed by atoms with Gasteiger partial charge in [-0.05, 0) is 12.1 Å². The molecule has 0 aromatic carbocycles. The van der Waals surface area contributed by atoms with E-state index in [1.807, 2.05) is 29.9 Å². The zero-order chi connectivity index (χ0) is 9.14. The second-order valence-corrected chi connectivity index (χ2v) is 3.35. The van der Waals surface area contributed by atoms with E-state index in [2.05, 4.69) is 20.7 Å². The number of hydrogen-bond acceptors (Lipinski definition) is 2. The van der Waals surface area contributed by atoms with Gasteiger partial charge in [-0.1, -0.05) is 15.9 Å². The van der Waals surface area contributed by atoms with Crippen molar-refractivity contribution in [2.24, 2.45) is 7.05 Å². The monoisotopic (exact) mass is 231 g/mol. The Labute approximate surface area is 79.5 Å². The Morgan fingerprint density at radius 3 is 2.83 bits per heavy atom. The van der Waals surface area contributed by atoms with Crippen LogP contribution in [0, 0.1) is 0 Å². The molecule has 0 amide bonds. The van der Waals surface area contributed by atoms with E-state index < -0.39 is 0 Å². The smallest absolute Gasteiger partial charge is 0.325 e. The van der Waals surface area contributed by atoms with E-state index in [-0.39, 0.29) is 10.8 Å². The summed E-state index contributed by atoms with van der Waals surface area (Å²) in [5, 5.41) is 0. The van der Waals surface area contributed by atoms with Crippen LogP contribution in [0.15, 0.2) is 18.3 Å². The molecule has 3 nitrogen and oxygen atoms in total. The Morgan fingerprint density at radius 1 is 1.75 bits per heavy atom. The van der Waals surface area contributed by atoms with Gasteiger partial charge in [0, 0.05) is 18.9 Å². The standard InChI is InChI=1S/C8H10BrNO2/c1-10-5-3-4-6(10)7(9)8(11)12-2/h3-5,7H,1-2H3. The van der Waals surface area contributed by atoms with Crippen LogP contribution in [0.2, 0.25) is 0 Å². The number of aromatic nitrogens is 1. The number of aryl methyl sites for hydroxylation is 1. The summed E-state index contributed by atoms with van der Waals surface area (Å²) in [4.78, 5) is 10.7. The summed E-state index contributed by atoms with van der Waals surface area (Å²) in [7, 11) is 3.26. The minimum atomic E-state index is -0.373. The van der Waals surface area contributed by atoms with Gasteiger partial charge in [-0.2, -0.15) is 0 Å². The fourth-order valence-corrected chi connectivity index (χ4v) is 1.62. The number of ether oxygens (including phenoxy) is 1. The first-order valence-corrected chi connectivity index (χ1v) is 4.41. The maximum Gasteiger partial charge on any atom is 0.325 e. The summed E-state index contributed by atoms with van der Waals surface area (Å²) >= 11 is 3.25. The lowest BCUT2D eigenvalue weighted by atomic mass is 10.3. The lowest BCUT2D eigenvalue weighted by Gasteiger charge is -2.08. The molecule has 1 atom stereocenters. The van der Waals surface area contributed by atoms with Crippen molar-refractivity contribution < 1.29 is 9.53 Å². The molecule has 0 bridgehead atoms. The fraction of sp³-hybridized carbons (Fsp3) is 0.375. The Hall–Kier alpha value is -0.770. The SMILES string of the molecule is COC(=O)C(Br)c1cccn1C. The average molecular weight is 232 g/mol. The number of methoxy groups -OCH3 is 1. The van der Waals surface area contributed by atoms with Crippen LogP contribution >= 0.6 is 15.9 Å². The third kappa shape index (κ3) is 1.69. The van der Waals surface area contributed by atoms with E-state index >= 15 is 0 Å². The highest BCUT2D eigenvalue weighted by Gasteiger charge is 2.19. The maximum atomic E-state index is 11.1. The predicted molar refractivity (Wildman–Crippen MR) is 49.1 cm³/mol. The Balaban J connectivity index is 2.84. The highest BCUT2D eigenvalue weighted by atomic mass is 79.9. The molecule has 66 valence electrons. The van der Waals surface area contributed by atoms with Crippen molar-refractivity contribution in [3.63, 3.8) is 0 Å². The van der Waals surface area contributed by atoms with E-state index in [0.717, 1.165) is 5.69 Å². The van der Waals surface area contributed by atoms with Crippen LogP contribution in [0.25, 0.3) is 0 Å². The minimum absolute atomic E-state index is 0.281. The van der Waals surface area contributed by atoms with Gasteiger partial charge in [0.2, 0.25) is 0 Å². The van der Waals surface area contributed by atoms with Gasteiger partial charge in [0.25, 0.3) is 0 Å². The van der Waals surface area contributed by atoms with Crippen LogP contribution in [0.4, 0.5) is 0 Å². The number of esters is 1. The normalized spacial score (nSPS) is 12.6. The van der Waals surface area contributed by atoms with Gasteiger partial charge in [0.05, 0.1) is 7.11 Å². The third-order valence-electron chi connectivity index (χ3n) is 1.65. The first-order chi connectivity index (χ1) is 5.66. The molecule has 0 aliphatic carbocycles. The van der Waals surface area contributed by atoms with Crippen LogP contribution in [0.1, 0.15) is 10.5 Å². The Bertz CT molecular complexity index is 282. The molecular formula is C8H10BrNO2. The van der Waals surface area contributed by atoms with Gasteiger partial charge < -0.3 is 9.30 Å². The molecule has 0 fully saturated rings. The number of carbonyl (C=O) groups is 1. The van der Waals surface area contributed by atoms with Crippen LogP contribution in [0.3, 0.4) is 0 Å². The molecule has 0 N–H and O–H groups in total. The number of carbonyl (C=O) groups excluding carboxylic acids is 1. The highest BCUT2D eigenvalue weighted by molar-refractivity contribution is 9.09. The third-order valence-corrected chi connectivity index (χ3v) is 2.49. The van der Waals surface area contributed by atoms with E-state index in [4.69, 9.17) is 0 Å². The molecule has 1 aromatic rings. The zero-order valence-corrected chi connectivity index (χ0v) is 8.54. The molecule has 1 rings (SSSR count). The minimum Gasteiger partial charge on any atom is -0.468 e. The van der Waals surface area contributed by atoms with E-state index in [9.17, 15) is 4.79 Å². The molecule has 0 spiro atoms. The summed E-state index contributed by atoms with van der Waals surface area (Å²) in [6.07, 6.45) is 1.88. The van der Waals surface area contributed by atoms with Crippen molar-refractivity contribution >= 4 is 21.9 Å². The molecule has 1 unspecified atom stereocenters. The lowest BCUT2D eigenvalue weighted by molar-refractivity contribution is -0.140. The number of alkyl halides is 1. The average Bonchev–Trinajstić information content (AvgIpc) is 2.48. The molecule has 0 aliphatic heterocycles. The first-order valence-electron chi connectivity index (χ1n) is 3.50. The number of nitrogens with zero attached hydrogens (tertiary/aromatic N) is 1. The Morgan fingerprint density at radius 2 is 2.42 bits per heavy atom. The number of rotatable bonds is 2. The van der Waals surface area contributed by atoms with Crippen molar-refractivity contribution in [2.45, 2.75) is 4.83 Å². The Kier molecular flexibility index (Phi) is 2.92. The first kappa shape index (κ1) is 9.32. The molecule has 4 heteroatoms. The van der Waals surface area contributed by atoms with E-state index in [0.29, 0.717) is 0 Å². The number of hydrogen-bond donors (Lipinski definition) is 0. The van der Waals surface area contributed by atoms with E-state index in [1.165, 1.54) is 7.11 Å². The molecule has 0 aliphatic rings. The molecule has 0 saturated heterocycles. The van der Waals surface area contributed by atoms with Crippen molar-refractivity contribution in [3.8, 4) is 0 Å². The van der Waals surface area contributed by atoms with E-state index in [1.54, 1.807) is 0 Å². The molecule has 1 heterocycles. The van der Waals surface area contributed by atoms with Gasteiger partial charge in [-0.25, -0.2) is 0 Å². The van der Waals surface area contributed by atoms with Crippen LogP contribution in [0.5, 0.6) is 0 Å². The summed E-state index contributed by atoms with van der Waals surface area (Å²) in [6, 6.07) is 3.75. The molecule has 0 radical (unpaired) electrons. The topological polar surface area (TPSA) is 31.2 Å². The second-order valence-electron chi connectivity index (χ2n) is 2.43. The van der Waals surface area contributed by atoms with Gasteiger partial charge in [0.15, 0.2) is 4.83 Å². The lowest BCUT2D eigenvalue weighted by Crippen LogP contribution is -2.11. The van der Waals surface area contributed by atoms with Gasteiger partial charge in [0.1, 0.15) is 0 Å². The summed E-state index contributed by atoms with van der Waals surface area (Å²) in [5.41, 5.74) is 0.891. The number of halogens is 1. The van der Waals surface area contributed by atoms with Crippen molar-refractivity contribution in [1.82, 2.24) is 4.57 Å². The largest absolute Gasteiger partial charge is 0.468 e. The predicted octanol–water partition coefficient (Wildman–Crippen LogP) is 1.63. The molecule has 12 heavy (non-hydrogen) atoms.